The number of aliphatic hydroxyl groups is 1. The predicted molar refractivity (Wildman–Crippen MR) is 32.9 cm³/mol. The van der Waals surface area contributed by atoms with E-state index in [1.54, 1.807) is 0 Å². The molecule has 0 saturated heterocycles. The lowest BCUT2D eigenvalue weighted by Crippen LogP contribution is -2.31. The Morgan fingerprint density at radius 3 is 2.40 bits per heavy atom. The van der Waals surface area contributed by atoms with Gasteiger partial charge in [-0.2, -0.15) is 0 Å². The molecule has 0 saturated carbocycles. The van der Waals surface area contributed by atoms with E-state index in [4.69, 9.17) is 16.7 Å². The molecular weight excluding hydrogens is 158 g/mol. The first-order valence-corrected chi connectivity index (χ1v) is 2.88. The highest BCUT2D eigenvalue weighted by Crippen LogP contribution is 2.14. The van der Waals surface area contributed by atoms with Crippen LogP contribution >= 0.6 is 11.6 Å². The van der Waals surface area contributed by atoms with Crippen LogP contribution in [-0.2, 0) is 9.59 Å². The molecule has 54 valence electrons. The smallest absolute Gasteiger partial charge is 0.274 e. The van der Waals surface area contributed by atoms with Gasteiger partial charge in [-0.05, 0) is 0 Å². The standard InChI is InChI=1S/C5H4ClNO3/c6-3-1-4(9)7(2-8)5(3)10/h1,8H,2H2. The van der Waals surface area contributed by atoms with Gasteiger partial charge in [0.05, 0.1) is 0 Å². The SMILES string of the molecule is O=C1C=C(Cl)C(=O)N1CO. The molecule has 0 fully saturated rings. The summed E-state index contributed by atoms with van der Waals surface area (Å²) in [4.78, 5) is 21.9. The van der Waals surface area contributed by atoms with Crippen molar-refractivity contribution >= 4 is 23.4 Å². The molecular formula is C5H4ClNO3. The van der Waals surface area contributed by atoms with Crippen LogP contribution in [0, 0.1) is 0 Å². The highest BCUT2D eigenvalue weighted by atomic mass is 35.5. The Bertz CT molecular complexity index is 223. The highest BCUT2D eigenvalue weighted by molar-refractivity contribution is 6.46. The van der Waals surface area contributed by atoms with Gasteiger partial charge in [0.2, 0.25) is 0 Å². The summed E-state index contributed by atoms with van der Waals surface area (Å²) in [6.45, 7) is -0.621. The first-order valence-electron chi connectivity index (χ1n) is 2.50. The molecule has 2 amide bonds. The number of hydrogen-bond donors (Lipinski definition) is 1. The lowest BCUT2D eigenvalue weighted by molar-refractivity contribution is -0.140. The largest absolute Gasteiger partial charge is 0.376 e. The quantitative estimate of drug-likeness (QED) is 0.524. The second-order valence-corrected chi connectivity index (χ2v) is 2.11. The minimum atomic E-state index is -0.644. The zero-order chi connectivity index (χ0) is 7.72. The third kappa shape index (κ3) is 0.913. The Balaban J connectivity index is 2.87. The fourth-order valence-electron chi connectivity index (χ4n) is 0.611. The Labute approximate surface area is 61.7 Å². The van der Waals surface area contributed by atoms with E-state index in [0.29, 0.717) is 4.90 Å². The van der Waals surface area contributed by atoms with Gasteiger partial charge in [-0.3, -0.25) is 9.59 Å². The summed E-state index contributed by atoms with van der Waals surface area (Å²) in [6.07, 6.45) is 0.972. The third-order valence-electron chi connectivity index (χ3n) is 1.11. The number of nitrogens with zero attached hydrogens (tertiary/aromatic N) is 1. The number of hydrogen-bond acceptors (Lipinski definition) is 3. The van der Waals surface area contributed by atoms with E-state index in [1.807, 2.05) is 0 Å². The molecule has 1 aliphatic heterocycles. The van der Waals surface area contributed by atoms with E-state index < -0.39 is 18.5 Å². The van der Waals surface area contributed by atoms with Crippen LogP contribution in [0.4, 0.5) is 0 Å². The number of carbonyl (C=O) groups is 2. The summed E-state index contributed by atoms with van der Waals surface area (Å²) in [6, 6.07) is 0. The molecule has 0 aromatic heterocycles. The zero-order valence-corrected chi connectivity index (χ0v) is 5.63. The molecule has 1 aliphatic rings. The van der Waals surface area contributed by atoms with Gasteiger partial charge >= 0.3 is 0 Å². The number of amides is 2. The fourth-order valence-corrected chi connectivity index (χ4v) is 0.806. The molecule has 10 heavy (non-hydrogen) atoms. The zero-order valence-electron chi connectivity index (χ0n) is 4.87. The van der Waals surface area contributed by atoms with Gasteiger partial charge < -0.3 is 5.11 Å². The van der Waals surface area contributed by atoms with Crippen molar-refractivity contribution < 1.29 is 14.7 Å². The summed E-state index contributed by atoms with van der Waals surface area (Å²) in [5.74, 6) is -1.22. The maximum Gasteiger partial charge on any atom is 0.274 e. The van der Waals surface area contributed by atoms with E-state index in [2.05, 4.69) is 0 Å². The van der Waals surface area contributed by atoms with E-state index in [9.17, 15) is 9.59 Å². The van der Waals surface area contributed by atoms with Crippen LogP contribution in [0.5, 0.6) is 0 Å². The lowest BCUT2D eigenvalue weighted by Gasteiger charge is -2.07. The summed E-state index contributed by atoms with van der Waals surface area (Å²) in [7, 11) is 0. The van der Waals surface area contributed by atoms with Crippen LogP contribution in [-0.4, -0.2) is 28.6 Å². The first kappa shape index (κ1) is 7.24. The van der Waals surface area contributed by atoms with Crippen LogP contribution in [0.3, 0.4) is 0 Å². The Morgan fingerprint density at radius 2 is 2.20 bits per heavy atom. The van der Waals surface area contributed by atoms with Crippen molar-refractivity contribution in [2.45, 2.75) is 0 Å². The molecule has 0 aromatic carbocycles. The Morgan fingerprint density at radius 1 is 1.60 bits per heavy atom. The average Bonchev–Trinajstić information content (AvgIpc) is 2.09. The third-order valence-corrected chi connectivity index (χ3v) is 1.38. The summed E-state index contributed by atoms with van der Waals surface area (Å²) in [5, 5.41) is 8.26. The highest BCUT2D eigenvalue weighted by Gasteiger charge is 2.28. The van der Waals surface area contributed by atoms with Crippen LogP contribution in [0.15, 0.2) is 11.1 Å². The van der Waals surface area contributed by atoms with Crippen molar-refractivity contribution in [3.05, 3.63) is 11.1 Å². The van der Waals surface area contributed by atoms with Crippen molar-refractivity contribution in [1.82, 2.24) is 4.90 Å². The Kier molecular flexibility index (Phi) is 1.74. The molecule has 0 aliphatic carbocycles. The first-order chi connectivity index (χ1) is 4.66. The van der Waals surface area contributed by atoms with E-state index in [0.717, 1.165) is 6.08 Å². The minimum Gasteiger partial charge on any atom is -0.376 e. The molecule has 0 aromatic rings. The number of aliphatic hydroxyl groups excluding tert-OH is 1. The van der Waals surface area contributed by atoms with Crippen molar-refractivity contribution in [3.8, 4) is 0 Å². The van der Waals surface area contributed by atoms with Crippen LogP contribution < -0.4 is 0 Å². The van der Waals surface area contributed by atoms with E-state index in [-0.39, 0.29) is 5.03 Å². The van der Waals surface area contributed by atoms with Gasteiger partial charge in [-0.25, -0.2) is 4.90 Å². The fraction of sp³-hybridized carbons (Fsp3) is 0.200. The molecule has 0 spiro atoms. The molecule has 0 radical (unpaired) electrons. The number of halogens is 1. The molecule has 0 atom stereocenters. The van der Waals surface area contributed by atoms with Crippen molar-refractivity contribution in [2.75, 3.05) is 6.73 Å². The molecule has 1 N–H and O–H groups in total. The summed E-state index contributed by atoms with van der Waals surface area (Å²) >= 11 is 5.27. The normalized spacial score (nSPS) is 18.2. The molecule has 1 rings (SSSR count). The van der Waals surface area contributed by atoms with Gasteiger partial charge in [0.1, 0.15) is 11.8 Å². The molecule has 4 nitrogen and oxygen atoms in total. The van der Waals surface area contributed by atoms with E-state index in [1.165, 1.54) is 0 Å². The summed E-state index contributed by atoms with van der Waals surface area (Å²) in [5.41, 5.74) is 0. The molecule has 5 heteroatoms. The van der Waals surface area contributed by atoms with Gasteiger partial charge in [-0.1, -0.05) is 11.6 Å². The Hall–Kier alpha value is -0.870. The average molecular weight is 162 g/mol. The lowest BCUT2D eigenvalue weighted by atomic mass is 10.6. The van der Waals surface area contributed by atoms with Crippen LogP contribution in [0.25, 0.3) is 0 Å². The van der Waals surface area contributed by atoms with E-state index >= 15 is 0 Å². The second-order valence-electron chi connectivity index (χ2n) is 1.71. The molecule has 0 bridgehead atoms. The van der Waals surface area contributed by atoms with Gasteiger partial charge in [0, 0.05) is 6.08 Å². The van der Waals surface area contributed by atoms with Crippen LogP contribution in [0.1, 0.15) is 0 Å². The van der Waals surface area contributed by atoms with Crippen LogP contribution in [0.2, 0.25) is 0 Å². The minimum absolute atomic E-state index is 0.154. The number of imide groups is 1. The maximum atomic E-state index is 10.7. The summed E-state index contributed by atoms with van der Waals surface area (Å²) < 4.78 is 0. The topological polar surface area (TPSA) is 57.6 Å². The molecule has 0 unspecified atom stereocenters. The maximum absolute atomic E-state index is 10.7. The predicted octanol–water partition coefficient (Wildman–Crippen LogP) is -0.572. The van der Waals surface area contributed by atoms with Gasteiger partial charge in [-0.15, -0.1) is 0 Å². The van der Waals surface area contributed by atoms with Gasteiger partial charge in [0.25, 0.3) is 11.8 Å². The van der Waals surface area contributed by atoms with Gasteiger partial charge in [0.15, 0.2) is 0 Å². The second kappa shape index (κ2) is 2.40. The number of carbonyl (C=O) groups excluding carboxylic acids is 2. The van der Waals surface area contributed by atoms with Crippen molar-refractivity contribution in [2.24, 2.45) is 0 Å². The monoisotopic (exact) mass is 161 g/mol. The van der Waals surface area contributed by atoms with Crippen molar-refractivity contribution in [3.63, 3.8) is 0 Å². The number of rotatable bonds is 1. The molecule has 1 heterocycles. The van der Waals surface area contributed by atoms with Crippen molar-refractivity contribution in [1.29, 1.82) is 0 Å².